The maximum absolute atomic E-state index is 6.24. The van der Waals surface area contributed by atoms with Gasteiger partial charge in [0.05, 0.1) is 7.11 Å². The van der Waals surface area contributed by atoms with Gasteiger partial charge < -0.3 is 10.1 Å². The van der Waals surface area contributed by atoms with E-state index in [1.54, 1.807) is 18.4 Å². The average Bonchev–Trinajstić information content (AvgIpc) is 2.95. The minimum Gasteiger partial charge on any atom is -0.496 e. The Balaban J connectivity index is 2.00. The third-order valence-electron chi connectivity index (χ3n) is 3.35. The number of nitrogens with one attached hydrogen (secondary N) is 1. The lowest BCUT2D eigenvalue weighted by molar-refractivity contribution is 0.404. The van der Waals surface area contributed by atoms with Gasteiger partial charge in [-0.1, -0.05) is 37.6 Å². The Bertz CT molecular complexity index is 552. The summed E-state index contributed by atoms with van der Waals surface area (Å²) in [5.41, 5.74) is 1.13. The van der Waals surface area contributed by atoms with Crippen molar-refractivity contribution in [1.82, 2.24) is 5.32 Å². The highest BCUT2D eigenvalue weighted by Gasteiger charge is 2.21. The smallest absolute Gasteiger partial charge is 0.124 e. The van der Waals surface area contributed by atoms with Crippen molar-refractivity contribution in [2.24, 2.45) is 0 Å². The number of thiophene rings is 1. The Morgan fingerprint density at radius 1 is 1.25 bits per heavy atom. The zero-order valence-electron chi connectivity index (χ0n) is 12.1. The number of rotatable bonds is 6. The molecule has 2 nitrogen and oxygen atoms in total. The van der Waals surface area contributed by atoms with E-state index in [-0.39, 0.29) is 5.41 Å². The molecule has 0 aliphatic rings. The molecule has 20 heavy (non-hydrogen) atoms. The van der Waals surface area contributed by atoms with Gasteiger partial charge in [0.2, 0.25) is 0 Å². The summed E-state index contributed by atoms with van der Waals surface area (Å²) in [5.74, 6) is 0.832. The lowest BCUT2D eigenvalue weighted by Crippen LogP contribution is -2.32. The molecule has 0 spiro atoms. The fourth-order valence-corrected chi connectivity index (χ4v) is 3.24. The summed E-state index contributed by atoms with van der Waals surface area (Å²) in [6.45, 7) is 6.09. The SMILES string of the molecule is COc1cccc(Cl)c1CNCC(C)(C)c1cccs1. The molecular weight excluding hydrogens is 290 g/mol. The quantitative estimate of drug-likeness (QED) is 0.849. The van der Waals surface area contributed by atoms with Gasteiger partial charge in [-0.05, 0) is 23.6 Å². The molecule has 0 aliphatic carbocycles. The van der Waals surface area contributed by atoms with Crippen LogP contribution in [0.3, 0.4) is 0 Å². The Labute approximate surface area is 129 Å². The molecule has 2 rings (SSSR count). The second-order valence-electron chi connectivity index (χ2n) is 5.39. The van der Waals surface area contributed by atoms with E-state index >= 15 is 0 Å². The minimum absolute atomic E-state index is 0.114. The predicted octanol–water partition coefficient (Wildman–Crippen LogP) is 4.48. The van der Waals surface area contributed by atoms with Crippen molar-refractivity contribution in [1.29, 1.82) is 0 Å². The van der Waals surface area contributed by atoms with Crippen LogP contribution < -0.4 is 10.1 Å². The monoisotopic (exact) mass is 309 g/mol. The molecule has 1 aromatic heterocycles. The summed E-state index contributed by atoms with van der Waals surface area (Å²) >= 11 is 8.04. The van der Waals surface area contributed by atoms with Crippen molar-refractivity contribution in [3.63, 3.8) is 0 Å². The van der Waals surface area contributed by atoms with Crippen LogP contribution in [0.15, 0.2) is 35.7 Å². The molecule has 0 aliphatic heterocycles. The molecule has 1 heterocycles. The van der Waals surface area contributed by atoms with E-state index < -0.39 is 0 Å². The van der Waals surface area contributed by atoms with E-state index in [4.69, 9.17) is 16.3 Å². The lowest BCUT2D eigenvalue weighted by Gasteiger charge is -2.24. The zero-order chi connectivity index (χ0) is 14.6. The fraction of sp³-hybridized carbons (Fsp3) is 0.375. The van der Waals surface area contributed by atoms with Crippen molar-refractivity contribution >= 4 is 22.9 Å². The first-order valence-electron chi connectivity index (χ1n) is 6.60. The first kappa shape index (κ1) is 15.4. The Hall–Kier alpha value is -1.03. The molecule has 0 atom stereocenters. The summed E-state index contributed by atoms with van der Waals surface area (Å²) in [4.78, 5) is 1.39. The van der Waals surface area contributed by atoms with Gasteiger partial charge in [-0.2, -0.15) is 0 Å². The number of ether oxygens (including phenoxy) is 1. The highest BCUT2D eigenvalue weighted by molar-refractivity contribution is 7.10. The van der Waals surface area contributed by atoms with Gasteiger partial charge in [0.1, 0.15) is 5.75 Å². The van der Waals surface area contributed by atoms with Gasteiger partial charge >= 0.3 is 0 Å². The van der Waals surface area contributed by atoms with Crippen molar-refractivity contribution in [3.05, 3.63) is 51.2 Å². The van der Waals surface area contributed by atoms with Crippen LogP contribution in [0.2, 0.25) is 5.02 Å². The van der Waals surface area contributed by atoms with Crippen LogP contribution in [0.1, 0.15) is 24.3 Å². The van der Waals surface area contributed by atoms with E-state index in [0.717, 1.165) is 22.9 Å². The first-order valence-corrected chi connectivity index (χ1v) is 7.86. The summed E-state index contributed by atoms with van der Waals surface area (Å²) in [5, 5.41) is 6.35. The van der Waals surface area contributed by atoms with Crippen LogP contribution in [0, 0.1) is 0 Å². The summed E-state index contributed by atoms with van der Waals surface area (Å²) in [7, 11) is 1.67. The average molecular weight is 310 g/mol. The van der Waals surface area contributed by atoms with E-state index in [2.05, 4.69) is 36.7 Å². The Morgan fingerprint density at radius 3 is 2.70 bits per heavy atom. The van der Waals surface area contributed by atoms with Crippen LogP contribution in [0.25, 0.3) is 0 Å². The van der Waals surface area contributed by atoms with Crippen LogP contribution in [-0.4, -0.2) is 13.7 Å². The maximum atomic E-state index is 6.24. The minimum atomic E-state index is 0.114. The van der Waals surface area contributed by atoms with Gasteiger partial charge in [-0.25, -0.2) is 0 Å². The number of hydrogen-bond donors (Lipinski definition) is 1. The molecule has 4 heteroatoms. The molecule has 2 aromatic rings. The Kier molecular flexibility index (Phi) is 5.08. The highest BCUT2D eigenvalue weighted by Crippen LogP contribution is 2.28. The second kappa shape index (κ2) is 6.61. The molecule has 0 fully saturated rings. The molecule has 1 aromatic carbocycles. The Morgan fingerprint density at radius 2 is 2.05 bits per heavy atom. The van der Waals surface area contributed by atoms with Gasteiger partial charge in [-0.15, -0.1) is 11.3 Å². The summed E-state index contributed by atoms with van der Waals surface area (Å²) < 4.78 is 5.36. The van der Waals surface area contributed by atoms with Crippen molar-refractivity contribution in [2.45, 2.75) is 25.8 Å². The largest absolute Gasteiger partial charge is 0.496 e. The first-order chi connectivity index (χ1) is 9.54. The van der Waals surface area contributed by atoms with E-state index in [9.17, 15) is 0 Å². The topological polar surface area (TPSA) is 21.3 Å². The van der Waals surface area contributed by atoms with Crippen molar-refractivity contribution in [3.8, 4) is 5.75 Å². The number of halogens is 1. The molecule has 0 radical (unpaired) electrons. The summed E-state index contributed by atoms with van der Waals surface area (Å²) in [6.07, 6.45) is 0. The van der Waals surface area contributed by atoms with Crippen molar-refractivity contribution in [2.75, 3.05) is 13.7 Å². The lowest BCUT2D eigenvalue weighted by atomic mass is 9.91. The number of methoxy groups -OCH3 is 1. The van der Waals surface area contributed by atoms with Crippen LogP contribution in [0.4, 0.5) is 0 Å². The maximum Gasteiger partial charge on any atom is 0.124 e. The zero-order valence-corrected chi connectivity index (χ0v) is 13.6. The second-order valence-corrected chi connectivity index (χ2v) is 6.74. The standard InChI is InChI=1S/C16H20ClNOS/c1-16(2,15-8-5-9-20-15)11-18-10-12-13(17)6-4-7-14(12)19-3/h4-9,18H,10-11H2,1-3H3. The molecule has 0 saturated carbocycles. The molecule has 108 valence electrons. The third-order valence-corrected chi connectivity index (χ3v) is 4.94. The van der Waals surface area contributed by atoms with Gasteiger partial charge in [0.15, 0.2) is 0 Å². The molecule has 0 bridgehead atoms. The van der Waals surface area contributed by atoms with E-state index in [0.29, 0.717) is 6.54 Å². The van der Waals surface area contributed by atoms with Crippen LogP contribution in [0.5, 0.6) is 5.75 Å². The molecule has 0 unspecified atom stereocenters. The molecule has 1 N–H and O–H groups in total. The highest BCUT2D eigenvalue weighted by atomic mass is 35.5. The normalized spacial score (nSPS) is 11.6. The summed E-state index contributed by atoms with van der Waals surface area (Å²) in [6, 6.07) is 10.0. The van der Waals surface area contributed by atoms with Crippen LogP contribution >= 0.6 is 22.9 Å². The van der Waals surface area contributed by atoms with Crippen LogP contribution in [-0.2, 0) is 12.0 Å². The van der Waals surface area contributed by atoms with Crippen molar-refractivity contribution < 1.29 is 4.74 Å². The predicted molar refractivity (Wildman–Crippen MR) is 87.1 cm³/mol. The molecule has 0 amide bonds. The molecule has 0 saturated heterocycles. The van der Waals surface area contributed by atoms with Gasteiger partial charge in [-0.3, -0.25) is 0 Å². The fourth-order valence-electron chi connectivity index (χ4n) is 2.15. The van der Waals surface area contributed by atoms with E-state index in [1.165, 1.54) is 4.88 Å². The molecular formula is C16H20ClNOS. The third kappa shape index (κ3) is 3.54. The van der Waals surface area contributed by atoms with E-state index in [1.807, 2.05) is 18.2 Å². The van der Waals surface area contributed by atoms with Gasteiger partial charge in [0, 0.05) is 34.0 Å². The number of hydrogen-bond acceptors (Lipinski definition) is 3. The number of benzene rings is 1. The van der Waals surface area contributed by atoms with Gasteiger partial charge in [0.25, 0.3) is 0 Å².